The summed E-state index contributed by atoms with van der Waals surface area (Å²) >= 11 is 0. The number of nitrogens with zero attached hydrogens (tertiary/aromatic N) is 5. The topological polar surface area (TPSA) is 46.8 Å². The van der Waals surface area contributed by atoms with Crippen LogP contribution in [0, 0.1) is 0 Å². The predicted octanol–water partition coefficient (Wildman–Crippen LogP) is 0.847. The Balaban J connectivity index is 2.14. The third-order valence-electron chi connectivity index (χ3n) is 2.79. The molecule has 2 rings (SSSR count). The number of likely N-dealkylation sites (N-methyl/N-ethyl adjacent to an activating group) is 1. The first-order valence-corrected chi connectivity index (χ1v) is 5.46. The van der Waals surface area contributed by atoms with Crippen LogP contribution in [0.5, 0.6) is 0 Å². The molecule has 0 aliphatic carbocycles. The van der Waals surface area contributed by atoms with E-state index in [0.29, 0.717) is 5.92 Å². The Morgan fingerprint density at radius 3 is 2.53 bits per heavy atom. The van der Waals surface area contributed by atoms with E-state index in [1.54, 1.807) is 4.80 Å². The zero-order chi connectivity index (χ0) is 11.1. The first-order chi connectivity index (χ1) is 6.97. The number of rotatable bonds is 1. The summed E-state index contributed by atoms with van der Waals surface area (Å²) in [6, 6.07) is 0. The highest BCUT2D eigenvalue weighted by Crippen LogP contribution is 2.23. The molecule has 1 aromatic rings. The fourth-order valence-electron chi connectivity index (χ4n) is 1.82. The number of aromatic nitrogens is 4. The van der Waals surface area contributed by atoms with E-state index in [0.717, 1.165) is 25.3 Å². The molecule has 1 aromatic heterocycles. The maximum atomic E-state index is 4.47. The molecule has 1 unspecified atom stereocenters. The Hall–Kier alpha value is -0.970. The van der Waals surface area contributed by atoms with Gasteiger partial charge in [-0.15, -0.1) is 10.2 Å². The molecule has 1 saturated heterocycles. The van der Waals surface area contributed by atoms with Crippen LogP contribution in [0.2, 0.25) is 0 Å². The summed E-state index contributed by atoms with van der Waals surface area (Å²) in [5.41, 5.74) is -0.0737. The Labute approximate surface area is 90.5 Å². The van der Waals surface area contributed by atoms with E-state index >= 15 is 0 Å². The third-order valence-corrected chi connectivity index (χ3v) is 2.79. The second-order valence-corrected chi connectivity index (χ2v) is 5.36. The van der Waals surface area contributed by atoms with Crippen molar-refractivity contribution in [3.8, 4) is 0 Å². The van der Waals surface area contributed by atoms with Gasteiger partial charge in [0.05, 0.1) is 5.54 Å². The average molecular weight is 209 g/mol. The summed E-state index contributed by atoms with van der Waals surface area (Å²) in [6.07, 6.45) is 1.15. The first kappa shape index (κ1) is 10.5. The average Bonchev–Trinajstić information content (AvgIpc) is 2.69. The summed E-state index contributed by atoms with van der Waals surface area (Å²) in [6.45, 7) is 8.43. The number of hydrogen-bond donors (Lipinski definition) is 0. The monoisotopic (exact) mass is 209 g/mol. The summed E-state index contributed by atoms with van der Waals surface area (Å²) in [5, 5.41) is 12.7. The molecule has 15 heavy (non-hydrogen) atoms. The van der Waals surface area contributed by atoms with Crippen LogP contribution in [0.1, 0.15) is 38.9 Å². The Bertz CT molecular complexity index is 338. The Morgan fingerprint density at radius 1 is 1.33 bits per heavy atom. The largest absolute Gasteiger partial charge is 0.306 e. The molecule has 0 saturated carbocycles. The van der Waals surface area contributed by atoms with Gasteiger partial charge in [0, 0.05) is 12.5 Å². The first-order valence-electron chi connectivity index (χ1n) is 5.46. The van der Waals surface area contributed by atoms with E-state index in [9.17, 15) is 0 Å². The van der Waals surface area contributed by atoms with Gasteiger partial charge in [-0.2, -0.15) is 4.80 Å². The highest BCUT2D eigenvalue weighted by Gasteiger charge is 2.26. The predicted molar refractivity (Wildman–Crippen MR) is 57.7 cm³/mol. The van der Waals surface area contributed by atoms with Crippen molar-refractivity contribution >= 4 is 0 Å². The van der Waals surface area contributed by atoms with Crippen molar-refractivity contribution in [3.05, 3.63) is 5.82 Å². The molecule has 2 heterocycles. The van der Waals surface area contributed by atoms with Crippen LogP contribution >= 0.6 is 0 Å². The minimum Gasteiger partial charge on any atom is -0.306 e. The smallest absolute Gasteiger partial charge is 0.179 e. The van der Waals surface area contributed by atoms with Gasteiger partial charge in [-0.1, -0.05) is 0 Å². The number of hydrogen-bond acceptors (Lipinski definition) is 4. The van der Waals surface area contributed by atoms with Crippen LogP contribution in [-0.2, 0) is 5.54 Å². The standard InChI is InChI=1S/C10H19N5/c1-10(2,3)15-12-9(11-13-15)8-5-6-14(4)7-8/h8H,5-7H2,1-4H3. The molecule has 1 aliphatic heterocycles. The zero-order valence-corrected chi connectivity index (χ0v) is 9.93. The van der Waals surface area contributed by atoms with Gasteiger partial charge in [0.2, 0.25) is 0 Å². The lowest BCUT2D eigenvalue weighted by Crippen LogP contribution is -2.25. The van der Waals surface area contributed by atoms with Gasteiger partial charge < -0.3 is 4.90 Å². The van der Waals surface area contributed by atoms with Crippen LogP contribution in [0.15, 0.2) is 0 Å². The second-order valence-electron chi connectivity index (χ2n) is 5.36. The van der Waals surface area contributed by atoms with Gasteiger partial charge in [-0.05, 0) is 46.0 Å². The molecule has 1 atom stereocenters. The van der Waals surface area contributed by atoms with Crippen molar-refractivity contribution in [3.63, 3.8) is 0 Å². The molecule has 1 fully saturated rings. The SMILES string of the molecule is CN1CCC(c2nnn(C(C)(C)C)n2)C1. The molecule has 0 spiro atoms. The summed E-state index contributed by atoms with van der Waals surface area (Å²) in [7, 11) is 2.13. The molecule has 0 bridgehead atoms. The zero-order valence-electron chi connectivity index (χ0n) is 9.93. The van der Waals surface area contributed by atoms with E-state index in [2.05, 4.69) is 48.1 Å². The molecular formula is C10H19N5. The van der Waals surface area contributed by atoms with Gasteiger partial charge in [0.1, 0.15) is 0 Å². The highest BCUT2D eigenvalue weighted by atomic mass is 15.6. The quantitative estimate of drug-likeness (QED) is 0.688. The minimum absolute atomic E-state index is 0.0737. The minimum atomic E-state index is -0.0737. The van der Waals surface area contributed by atoms with Crippen molar-refractivity contribution in [2.24, 2.45) is 0 Å². The molecule has 84 valence electrons. The van der Waals surface area contributed by atoms with E-state index in [1.165, 1.54) is 0 Å². The van der Waals surface area contributed by atoms with Crippen LogP contribution in [-0.4, -0.2) is 45.2 Å². The fraction of sp³-hybridized carbons (Fsp3) is 0.900. The molecule has 0 amide bonds. The molecule has 5 heteroatoms. The van der Waals surface area contributed by atoms with Crippen molar-refractivity contribution in [2.45, 2.75) is 38.6 Å². The molecule has 0 N–H and O–H groups in total. The van der Waals surface area contributed by atoms with Crippen molar-refractivity contribution in [1.29, 1.82) is 0 Å². The van der Waals surface area contributed by atoms with E-state index in [-0.39, 0.29) is 5.54 Å². The Kier molecular flexibility index (Phi) is 2.50. The Morgan fingerprint density at radius 2 is 2.07 bits per heavy atom. The molecule has 5 nitrogen and oxygen atoms in total. The van der Waals surface area contributed by atoms with E-state index in [4.69, 9.17) is 0 Å². The van der Waals surface area contributed by atoms with Crippen LogP contribution in [0.3, 0.4) is 0 Å². The van der Waals surface area contributed by atoms with Gasteiger partial charge >= 0.3 is 0 Å². The number of tetrazole rings is 1. The molecular weight excluding hydrogens is 190 g/mol. The van der Waals surface area contributed by atoms with Gasteiger partial charge in [-0.3, -0.25) is 0 Å². The normalized spacial score (nSPS) is 23.6. The van der Waals surface area contributed by atoms with Crippen LogP contribution in [0.4, 0.5) is 0 Å². The highest BCUT2D eigenvalue weighted by molar-refractivity contribution is 4.97. The van der Waals surface area contributed by atoms with Crippen molar-refractivity contribution in [1.82, 2.24) is 25.1 Å². The van der Waals surface area contributed by atoms with Crippen LogP contribution in [0.25, 0.3) is 0 Å². The van der Waals surface area contributed by atoms with Crippen molar-refractivity contribution < 1.29 is 0 Å². The van der Waals surface area contributed by atoms with Gasteiger partial charge in [0.15, 0.2) is 5.82 Å². The summed E-state index contributed by atoms with van der Waals surface area (Å²) < 4.78 is 0. The maximum absolute atomic E-state index is 4.47. The van der Waals surface area contributed by atoms with E-state index < -0.39 is 0 Å². The maximum Gasteiger partial charge on any atom is 0.179 e. The van der Waals surface area contributed by atoms with Gasteiger partial charge in [0.25, 0.3) is 0 Å². The number of likely N-dealkylation sites (tertiary alicyclic amines) is 1. The summed E-state index contributed by atoms with van der Waals surface area (Å²) in [4.78, 5) is 4.02. The van der Waals surface area contributed by atoms with Crippen LogP contribution < -0.4 is 0 Å². The molecule has 0 aromatic carbocycles. The lowest BCUT2D eigenvalue weighted by atomic mass is 10.1. The lowest BCUT2D eigenvalue weighted by molar-refractivity contribution is 0.304. The summed E-state index contributed by atoms with van der Waals surface area (Å²) in [5.74, 6) is 1.36. The van der Waals surface area contributed by atoms with Gasteiger partial charge in [-0.25, -0.2) is 0 Å². The fourth-order valence-corrected chi connectivity index (χ4v) is 1.82. The van der Waals surface area contributed by atoms with E-state index in [1.807, 2.05) is 0 Å². The molecule has 1 aliphatic rings. The third kappa shape index (κ3) is 2.17. The lowest BCUT2D eigenvalue weighted by Gasteiger charge is -2.15. The molecule has 0 radical (unpaired) electrons. The van der Waals surface area contributed by atoms with Crippen molar-refractivity contribution in [2.75, 3.05) is 20.1 Å². The second kappa shape index (κ2) is 3.56.